The van der Waals surface area contributed by atoms with E-state index < -0.39 is 23.4 Å². The Balaban J connectivity index is 1.67. The number of rotatable bonds is 8. The summed E-state index contributed by atoms with van der Waals surface area (Å²) in [6.45, 7) is 5.85. The van der Waals surface area contributed by atoms with Crippen molar-refractivity contribution in [2.75, 3.05) is 18.5 Å². The van der Waals surface area contributed by atoms with Gasteiger partial charge in [-0.1, -0.05) is 37.6 Å². The molecule has 0 saturated carbocycles. The third-order valence-corrected chi connectivity index (χ3v) is 5.10. The standard InChI is InChI=1S/C23H27N3O4/c1-4-6-16-7-9-17(10-8-16)23(3)21(28)26(22(29)25-23)15-20(27)24-18-11-13-19(14-12-18)30-5-2/h7-14H,4-6,15H2,1-3H3,(H,24,27)(H,25,29)/t23-/m0/s1. The first-order chi connectivity index (χ1) is 14.4. The fraction of sp³-hybridized carbons (Fsp3) is 0.348. The maximum atomic E-state index is 13.0. The number of urea groups is 1. The Morgan fingerprint density at radius 1 is 1.07 bits per heavy atom. The van der Waals surface area contributed by atoms with Gasteiger partial charge in [0.1, 0.15) is 17.8 Å². The molecule has 1 heterocycles. The molecule has 0 aliphatic carbocycles. The number of nitrogens with one attached hydrogen (secondary N) is 2. The number of hydrogen-bond acceptors (Lipinski definition) is 4. The van der Waals surface area contributed by atoms with Crippen molar-refractivity contribution < 1.29 is 19.1 Å². The summed E-state index contributed by atoms with van der Waals surface area (Å²) in [5.74, 6) is -0.201. The van der Waals surface area contributed by atoms with Crippen molar-refractivity contribution in [2.45, 2.75) is 39.2 Å². The maximum Gasteiger partial charge on any atom is 0.325 e. The van der Waals surface area contributed by atoms with E-state index >= 15 is 0 Å². The van der Waals surface area contributed by atoms with Crippen molar-refractivity contribution in [3.05, 3.63) is 59.7 Å². The van der Waals surface area contributed by atoms with E-state index in [0.717, 1.165) is 17.7 Å². The predicted octanol–water partition coefficient (Wildman–Crippen LogP) is 3.44. The van der Waals surface area contributed by atoms with Crippen molar-refractivity contribution in [3.63, 3.8) is 0 Å². The lowest BCUT2D eigenvalue weighted by molar-refractivity contribution is -0.133. The number of benzene rings is 2. The Labute approximate surface area is 176 Å². The van der Waals surface area contributed by atoms with E-state index in [1.807, 2.05) is 31.2 Å². The first-order valence-corrected chi connectivity index (χ1v) is 10.1. The summed E-state index contributed by atoms with van der Waals surface area (Å²) in [6, 6.07) is 13.9. The molecule has 1 atom stereocenters. The highest BCUT2D eigenvalue weighted by Gasteiger charge is 2.49. The van der Waals surface area contributed by atoms with Crippen molar-refractivity contribution >= 4 is 23.5 Å². The normalized spacial score (nSPS) is 18.3. The van der Waals surface area contributed by atoms with Crippen LogP contribution in [0.25, 0.3) is 0 Å². The van der Waals surface area contributed by atoms with Gasteiger partial charge in [-0.2, -0.15) is 0 Å². The summed E-state index contributed by atoms with van der Waals surface area (Å²) < 4.78 is 5.37. The van der Waals surface area contributed by atoms with Crippen molar-refractivity contribution in [1.82, 2.24) is 10.2 Å². The third kappa shape index (κ3) is 4.45. The van der Waals surface area contributed by atoms with Crippen LogP contribution < -0.4 is 15.4 Å². The SMILES string of the molecule is CCCc1ccc([C@]2(C)NC(=O)N(CC(=O)Nc3ccc(OCC)cc3)C2=O)cc1. The van der Waals surface area contributed by atoms with E-state index in [0.29, 0.717) is 23.6 Å². The van der Waals surface area contributed by atoms with Crippen LogP contribution in [0.15, 0.2) is 48.5 Å². The zero-order valence-electron chi connectivity index (χ0n) is 17.5. The monoisotopic (exact) mass is 409 g/mol. The summed E-state index contributed by atoms with van der Waals surface area (Å²) >= 11 is 0. The molecule has 4 amide bonds. The molecule has 1 saturated heterocycles. The van der Waals surface area contributed by atoms with E-state index in [9.17, 15) is 14.4 Å². The number of nitrogens with zero attached hydrogens (tertiary/aromatic N) is 1. The molecule has 0 unspecified atom stereocenters. The largest absolute Gasteiger partial charge is 0.494 e. The van der Waals surface area contributed by atoms with Crippen LogP contribution >= 0.6 is 0 Å². The molecule has 158 valence electrons. The van der Waals surface area contributed by atoms with E-state index in [-0.39, 0.29) is 6.54 Å². The van der Waals surface area contributed by atoms with Crippen LogP contribution in [-0.4, -0.2) is 35.9 Å². The molecule has 0 bridgehead atoms. The van der Waals surface area contributed by atoms with Crippen LogP contribution in [0.4, 0.5) is 10.5 Å². The molecule has 2 aromatic rings. The molecule has 0 spiro atoms. The zero-order valence-corrected chi connectivity index (χ0v) is 17.5. The quantitative estimate of drug-likeness (QED) is 0.654. The first-order valence-electron chi connectivity index (χ1n) is 10.1. The van der Waals surface area contributed by atoms with Gasteiger partial charge in [0.2, 0.25) is 5.91 Å². The van der Waals surface area contributed by atoms with Crippen LogP contribution in [-0.2, 0) is 21.5 Å². The second-order valence-corrected chi connectivity index (χ2v) is 7.40. The minimum Gasteiger partial charge on any atom is -0.494 e. The first kappa shape index (κ1) is 21.4. The van der Waals surface area contributed by atoms with Crippen LogP contribution in [0.1, 0.15) is 38.3 Å². The molecule has 1 aliphatic heterocycles. The molecule has 1 fully saturated rings. The molecule has 7 heteroatoms. The number of hydrogen-bond donors (Lipinski definition) is 2. The highest BCUT2D eigenvalue weighted by Crippen LogP contribution is 2.29. The van der Waals surface area contributed by atoms with E-state index in [1.54, 1.807) is 31.2 Å². The number of ether oxygens (including phenoxy) is 1. The van der Waals surface area contributed by atoms with Gasteiger partial charge in [0.25, 0.3) is 5.91 Å². The van der Waals surface area contributed by atoms with Gasteiger partial charge in [-0.15, -0.1) is 0 Å². The molecule has 7 nitrogen and oxygen atoms in total. The lowest BCUT2D eigenvalue weighted by atomic mass is 9.91. The van der Waals surface area contributed by atoms with Gasteiger partial charge < -0.3 is 15.4 Å². The number of carbonyl (C=O) groups excluding carboxylic acids is 3. The Morgan fingerprint density at radius 2 is 1.73 bits per heavy atom. The second kappa shape index (κ2) is 8.98. The fourth-order valence-electron chi connectivity index (χ4n) is 3.47. The van der Waals surface area contributed by atoms with Gasteiger partial charge in [-0.05, 0) is 55.7 Å². The second-order valence-electron chi connectivity index (χ2n) is 7.40. The zero-order chi connectivity index (χ0) is 21.7. The summed E-state index contributed by atoms with van der Waals surface area (Å²) in [4.78, 5) is 38.8. The molecule has 1 aliphatic rings. The molecular formula is C23H27N3O4. The van der Waals surface area contributed by atoms with Gasteiger partial charge in [0, 0.05) is 5.69 Å². The van der Waals surface area contributed by atoms with Crippen molar-refractivity contribution in [1.29, 1.82) is 0 Å². The number of amides is 4. The van der Waals surface area contributed by atoms with E-state index in [2.05, 4.69) is 17.6 Å². The Morgan fingerprint density at radius 3 is 2.33 bits per heavy atom. The van der Waals surface area contributed by atoms with E-state index in [1.165, 1.54) is 5.56 Å². The maximum absolute atomic E-state index is 13.0. The van der Waals surface area contributed by atoms with Gasteiger partial charge >= 0.3 is 6.03 Å². The Hall–Kier alpha value is -3.35. The molecule has 3 rings (SSSR count). The van der Waals surface area contributed by atoms with Gasteiger partial charge in [0.15, 0.2) is 0 Å². The van der Waals surface area contributed by atoms with Crippen LogP contribution in [0.2, 0.25) is 0 Å². The molecule has 30 heavy (non-hydrogen) atoms. The smallest absolute Gasteiger partial charge is 0.325 e. The van der Waals surface area contributed by atoms with Crippen molar-refractivity contribution in [2.24, 2.45) is 0 Å². The number of aryl methyl sites for hydroxylation is 1. The topological polar surface area (TPSA) is 87.7 Å². The van der Waals surface area contributed by atoms with Crippen LogP contribution in [0.3, 0.4) is 0 Å². The summed E-state index contributed by atoms with van der Waals surface area (Å²) in [7, 11) is 0. The molecule has 2 aromatic carbocycles. The van der Waals surface area contributed by atoms with Crippen molar-refractivity contribution in [3.8, 4) is 5.75 Å². The highest BCUT2D eigenvalue weighted by atomic mass is 16.5. The van der Waals surface area contributed by atoms with Crippen LogP contribution in [0.5, 0.6) is 5.75 Å². The average Bonchev–Trinajstić information content (AvgIpc) is 2.94. The highest BCUT2D eigenvalue weighted by molar-refractivity contribution is 6.10. The minimum atomic E-state index is -1.19. The summed E-state index contributed by atoms with van der Waals surface area (Å²) in [5, 5.41) is 5.43. The Bertz CT molecular complexity index is 924. The third-order valence-electron chi connectivity index (χ3n) is 5.10. The average molecular weight is 409 g/mol. The van der Waals surface area contributed by atoms with Crippen LogP contribution in [0, 0.1) is 0 Å². The molecule has 0 radical (unpaired) electrons. The fourth-order valence-corrected chi connectivity index (χ4v) is 3.47. The predicted molar refractivity (Wildman–Crippen MR) is 114 cm³/mol. The van der Waals surface area contributed by atoms with Gasteiger partial charge in [-0.3, -0.25) is 14.5 Å². The molecule has 0 aromatic heterocycles. The Kier molecular flexibility index (Phi) is 6.40. The summed E-state index contributed by atoms with van der Waals surface area (Å²) in [6.07, 6.45) is 1.98. The summed E-state index contributed by atoms with van der Waals surface area (Å²) in [5.41, 5.74) is 1.23. The molecule has 2 N–H and O–H groups in total. The van der Waals surface area contributed by atoms with Gasteiger partial charge in [0.05, 0.1) is 6.61 Å². The lowest BCUT2D eigenvalue weighted by Gasteiger charge is -2.22. The van der Waals surface area contributed by atoms with Gasteiger partial charge in [-0.25, -0.2) is 4.79 Å². The lowest BCUT2D eigenvalue weighted by Crippen LogP contribution is -2.42. The minimum absolute atomic E-state index is 0.360. The number of carbonyl (C=O) groups is 3. The number of anilines is 1. The molecular weight excluding hydrogens is 382 g/mol. The number of imide groups is 1. The van der Waals surface area contributed by atoms with E-state index in [4.69, 9.17) is 4.74 Å².